The van der Waals surface area contributed by atoms with Crippen molar-refractivity contribution in [1.82, 2.24) is 0 Å². The van der Waals surface area contributed by atoms with E-state index in [0.717, 1.165) is 11.1 Å². The molecule has 6 nitrogen and oxygen atoms in total. The molecule has 0 aliphatic carbocycles. The molecular formula is C15H14N6. The van der Waals surface area contributed by atoms with Crippen molar-refractivity contribution in [2.45, 2.75) is 0 Å². The van der Waals surface area contributed by atoms with Crippen molar-refractivity contribution >= 4 is 17.6 Å². The average molecular weight is 278 g/mol. The molecule has 0 radical (unpaired) electrons. The van der Waals surface area contributed by atoms with E-state index in [1.54, 1.807) is 18.2 Å². The lowest BCUT2D eigenvalue weighted by Crippen LogP contribution is -2.26. The molecule has 0 saturated heterocycles. The summed E-state index contributed by atoms with van der Waals surface area (Å²) in [6.45, 7) is 0. The lowest BCUT2D eigenvalue weighted by atomic mass is 10.0. The van der Waals surface area contributed by atoms with Gasteiger partial charge in [0.05, 0.1) is 17.3 Å². The van der Waals surface area contributed by atoms with Gasteiger partial charge in [-0.2, -0.15) is 10.3 Å². The number of nitrogens with zero attached hydrogens (tertiary/aromatic N) is 3. The lowest BCUT2D eigenvalue weighted by Gasteiger charge is -2.03. The Morgan fingerprint density at radius 2 is 1.67 bits per heavy atom. The maximum atomic E-state index is 8.91. The van der Waals surface area contributed by atoms with Crippen LogP contribution >= 0.6 is 0 Å². The Hall–Kier alpha value is -3.33. The Kier molecular flexibility index (Phi) is 4.17. The fourth-order valence-electron chi connectivity index (χ4n) is 1.79. The Morgan fingerprint density at radius 3 is 2.29 bits per heavy atom. The molecule has 0 aliphatic heterocycles. The molecule has 21 heavy (non-hydrogen) atoms. The van der Waals surface area contributed by atoms with Crippen LogP contribution in [-0.4, -0.2) is 11.9 Å². The van der Waals surface area contributed by atoms with Crippen molar-refractivity contribution in [2.24, 2.45) is 27.2 Å². The summed E-state index contributed by atoms with van der Waals surface area (Å²) in [6, 6.07) is 16.8. The predicted octanol–water partition coefficient (Wildman–Crippen LogP) is 1.44. The third-order valence-corrected chi connectivity index (χ3v) is 2.68. The first-order valence-corrected chi connectivity index (χ1v) is 6.13. The molecule has 104 valence electrons. The van der Waals surface area contributed by atoms with E-state index in [-0.39, 0.29) is 11.9 Å². The van der Waals surface area contributed by atoms with Gasteiger partial charge in [-0.1, -0.05) is 24.3 Å². The number of hydrogen-bond acceptors (Lipinski definition) is 2. The summed E-state index contributed by atoms with van der Waals surface area (Å²) in [5, 5.41) is 8.91. The van der Waals surface area contributed by atoms with Crippen molar-refractivity contribution < 1.29 is 0 Å². The number of benzene rings is 2. The number of nitriles is 1. The van der Waals surface area contributed by atoms with Gasteiger partial charge in [0.15, 0.2) is 5.96 Å². The molecule has 0 heterocycles. The minimum absolute atomic E-state index is 0.00534. The van der Waals surface area contributed by atoms with Gasteiger partial charge in [-0.05, 0) is 35.4 Å². The minimum Gasteiger partial charge on any atom is -0.370 e. The maximum absolute atomic E-state index is 8.91. The van der Waals surface area contributed by atoms with E-state index in [0.29, 0.717) is 11.3 Å². The Bertz CT molecular complexity index is 734. The summed E-state index contributed by atoms with van der Waals surface area (Å²) in [5.41, 5.74) is 19.2. The molecule has 0 fully saturated rings. The topological polar surface area (TPSA) is 127 Å². The van der Waals surface area contributed by atoms with Crippen molar-refractivity contribution in [2.75, 3.05) is 0 Å². The molecule has 2 aromatic carbocycles. The smallest absolute Gasteiger partial charge is 0.223 e. The highest BCUT2D eigenvalue weighted by Crippen LogP contribution is 2.23. The van der Waals surface area contributed by atoms with Crippen molar-refractivity contribution in [3.05, 3.63) is 54.1 Å². The third-order valence-electron chi connectivity index (χ3n) is 2.68. The molecule has 0 saturated carbocycles. The highest BCUT2D eigenvalue weighted by molar-refractivity contribution is 5.93. The Labute approximate surface area is 122 Å². The van der Waals surface area contributed by atoms with Crippen LogP contribution in [0.5, 0.6) is 0 Å². The fraction of sp³-hybridized carbons (Fsp3) is 0. The number of guanidine groups is 2. The number of hydrogen-bond donors (Lipinski definition) is 3. The fourth-order valence-corrected chi connectivity index (χ4v) is 1.79. The van der Waals surface area contributed by atoms with E-state index in [1.165, 1.54) is 0 Å². The Morgan fingerprint density at radius 1 is 0.952 bits per heavy atom. The van der Waals surface area contributed by atoms with Crippen LogP contribution in [0.1, 0.15) is 5.56 Å². The average Bonchev–Trinajstić information content (AvgIpc) is 2.47. The van der Waals surface area contributed by atoms with Crippen molar-refractivity contribution in [3.63, 3.8) is 0 Å². The first-order chi connectivity index (χ1) is 10.1. The normalized spacial score (nSPS) is 10.7. The van der Waals surface area contributed by atoms with Gasteiger partial charge in [-0.3, -0.25) is 0 Å². The van der Waals surface area contributed by atoms with Gasteiger partial charge in [0.25, 0.3) is 0 Å². The van der Waals surface area contributed by atoms with Gasteiger partial charge < -0.3 is 17.2 Å². The van der Waals surface area contributed by atoms with Gasteiger partial charge >= 0.3 is 0 Å². The molecule has 0 aliphatic rings. The standard InChI is InChI=1S/C15H14N6/c16-9-10-2-1-3-12(8-10)11-4-6-13(7-5-11)20-15(19)21-14(17)18/h1-8H,(H6,17,18,19,20,21). The molecule has 0 amide bonds. The van der Waals surface area contributed by atoms with Crippen LogP contribution in [0.2, 0.25) is 0 Å². The van der Waals surface area contributed by atoms with Crippen molar-refractivity contribution in [1.29, 1.82) is 5.26 Å². The maximum Gasteiger partial charge on any atom is 0.223 e. The lowest BCUT2D eigenvalue weighted by molar-refractivity contribution is 1.38. The van der Waals surface area contributed by atoms with Gasteiger partial charge in [0.1, 0.15) is 0 Å². The third kappa shape index (κ3) is 3.81. The highest BCUT2D eigenvalue weighted by atomic mass is 15.1. The molecule has 0 bridgehead atoms. The number of nitrogens with two attached hydrogens (primary N) is 3. The van der Waals surface area contributed by atoms with E-state index in [9.17, 15) is 0 Å². The SMILES string of the molecule is N#Cc1cccc(-c2ccc(N=C(N)N=C(N)N)cc2)c1. The van der Waals surface area contributed by atoms with E-state index < -0.39 is 0 Å². The van der Waals surface area contributed by atoms with Crippen LogP contribution in [0.15, 0.2) is 58.5 Å². The van der Waals surface area contributed by atoms with Gasteiger partial charge in [-0.25, -0.2) is 4.99 Å². The molecular weight excluding hydrogens is 264 g/mol. The minimum atomic E-state index is -0.138. The number of rotatable bonds is 2. The Balaban J connectivity index is 2.27. The van der Waals surface area contributed by atoms with E-state index in [2.05, 4.69) is 16.1 Å². The van der Waals surface area contributed by atoms with E-state index >= 15 is 0 Å². The first-order valence-electron chi connectivity index (χ1n) is 6.13. The van der Waals surface area contributed by atoms with Gasteiger partial charge in [0, 0.05) is 0 Å². The summed E-state index contributed by atoms with van der Waals surface area (Å²) in [7, 11) is 0. The summed E-state index contributed by atoms with van der Waals surface area (Å²) < 4.78 is 0. The molecule has 0 atom stereocenters. The van der Waals surface area contributed by atoms with Crippen LogP contribution in [0.3, 0.4) is 0 Å². The van der Waals surface area contributed by atoms with Crippen molar-refractivity contribution in [3.8, 4) is 17.2 Å². The summed E-state index contributed by atoms with van der Waals surface area (Å²) in [5.74, 6) is -0.143. The first kappa shape index (κ1) is 14.1. The second-order valence-corrected chi connectivity index (χ2v) is 4.25. The molecule has 0 aromatic heterocycles. The van der Waals surface area contributed by atoms with Gasteiger partial charge in [0.2, 0.25) is 5.96 Å². The predicted molar refractivity (Wildman–Crippen MR) is 83.7 cm³/mol. The van der Waals surface area contributed by atoms with Crippen LogP contribution < -0.4 is 17.2 Å². The largest absolute Gasteiger partial charge is 0.370 e. The summed E-state index contributed by atoms with van der Waals surface area (Å²) in [4.78, 5) is 7.70. The monoisotopic (exact) mass is 278 g/mol. The van der Waals surface area contributed by atoms with Crippen LogP contribution in [0, 0.1) is 11.3 Å². The second kappa shape index (κ2) is 6.21. The van der Waals surface area contributed by atoms with Crippen LogP contribution in [-0.2, 0) is 0 Å². The molecule has 0 unspecified atom stereocenters. The zero-order valence-corrected chi connectivity index (χ0v) is 11.2. The molecule has 2 aromatic rings. The van der Waals surface area contributed by atoms with Crippen LogP contribution in [0.25, 0.3) is 11.1 Å². The summed E-state index contributed by atoms with van der Waals surface area (Å²) >= 11 is 0. The quantitative estimate of drug-likeness (QED) is 0.567. The zero-order chi connectivity index (χ0) is 15.2. The molecule has 6 heteroatoms. The number of aliphatic imine (C=N–C) groups is 2. The zero-order valence-electron chi connectivity index (χ0n) is 11.2. The van der Waals surface area contributed by atoms with E-state index in [4.69, 9.17) is 22.5 Å². The van der Waals surface area contributed by atoms with Gasteiger partial charge in [-0.15, -0.1) is 0 Å². The summed E-state index contributed by atoms with van der Waals surface area (Å²) in [6.07, 6.45) is 0. The molecule has 0 spiro atoms. The molecule has 6 N–H and O–H groups in total. The molecule has 2 rings (SSSR count). The highest BCUT2D eigenvalue weighted by Gasteiger charge is 2.00. The van der Waals surface area contributed by atoms with Crippen LogP contribution in [0.4, 0.5) is 5.69 Å². The second-order valence-electron chi connectivity index (χ2n) is 4.25. The van der Waals surface area contributed by atoms with E-state index in [1.807, 2.05) is 30.3 Å².